The summed E-state index contributed by atoms with van der Waals surface area (Å²) in [6.07, 6.45) is 5.02. The Morgan fingerprint density at radius 3 is 2.57 bits per heavy atom. The first-order valence-electron chi connectivity index (χ1n) is 7.80. The molecule has 1 aromatic rings. The molecular weight excluding hydrogens is 264 g/mol. The zero-order chi connectivity index (χ0) is 15.7. The van der Waals surface area contributed by atoms with E-state index in [9.17, 15) is 4.79 Å². The number of rotatable bonds is 9. The van der Waals surface area contributed by atoms with Gasteiger partial charge < -0.3 is 15.5 Å². The molecule has 0 atom stereocenters. The van der Waals surface area contributed by atoms with Crippen LogP contribution in [-0.4, -0.2) is 49.0 Å². The highest BCUT2D eigenvalue weighted by atomic mass is 16.2. The molecule has 1 rings (SSSR count). The number of hydrogen-bond donors (Lipinski definition) is 1. The molecule has 0 bridgehead atoms. The molecule has 0 aliphatic heterocycles. The Morgan fingerprint density at radius 2 is 1.95 bits per heavy atom. The Labute approximate surface area is 128 Å². The van der Waals surface area contributed by atoms with E-state index in [1.807, 2.05) is 33.0 Å². The second-order valence-corrected chi connectivity index (χ2v) is 5.15. The van der Waals surface area contributed by atoms with Crippen molar-refractivity contribution in [3.63, 3.8) is 0 Å². The number of carbonyl (C=O) groups is 1. The summed E-state index contributed by atoms with van der Waals surface area (Å²) in [5.41, 5.74) is 7.05. The number of pyridine rings is 1. The van der Waals surface area contributed by atoms with Gasteiger partial charge in [-0.15, -0.1) is 0 Å². The molecule has 1 aromatic heterocycles. The predicted octanol–water partition coefficient (Wildman–Crippen LogP) is 2.13. The summed E-state index contributed by atoms with van der Waals surface area (Å²) in [6.45, 7) is 7.08. The fourth-order valence-electron chi connectivity index (χ4n) is 2.25. The van der Waals surface area contributed by atoms with Gasteiger partial charge in [0.1, 0.15) is 5.69 Å². The number of nitrogens with two attached hydrogens (primary N) is 1. The van der Waals surface area contributed by atoms with Crippen molar-refractivity contribution in [1.29, 1.82) is 0 Å². The van der Waals surface area contributed by atoms with Crippen LogP contribution in [0.3, 0.4) is 0 Å². The van der Waals surface area contributed by atoms with Crippen molar-refractivity contribution in [3.8, 4) is 0 Å². The van der Waals surface area contributed by atoms with Crippen LogP contribution in [0, 0.1) is 0 Å². The molecule has 2 N–H and O–H groups in total. The molecule has 0 unspecified atom stereocenters. The summed E-state index contributed by atoms with van der Waals surface area (Å²) in [4.78, 5) is 20.5. The highest BCUT2D eigenvalue weighted by Crippen LogP contribution is 2.15. The van der Waals surface area contributed by atoms with E-state index < -0.39 is 0 Å². The first kappa shape index (κ1) is 17.4. The van der Waals surface area contributed by atoms with E-state index in [2.05, 4.69) is 9.88 Å². The minimum atomic E-state index is -0.00150. The molecule has 21 heavy (non-hydrogen) atoms. The second kappa shape index (κ2) is 9.34. The third-order valence-corrected chi connectivity index (χ3v) is 3.65. The molecule has 0 spiro atoms. The van der Waals surface area contributed by atoms with Gasteiger partial charge in [0, 0.05) is 38.6 Å². The Bertz CT molecular complexity index is 432. The topological polar surface area (TPSA) is 62.5 Å². The molecule has 0 aliphatic carbocycles. The molecule has 5 nitrogen and oxygen atoms in total. The van der Waals surface area contributed by atoms with Crippen LogP contribution in [0.4, 0.5) is 5.69 Å². The summed E-state index contributed by atoms with van der Waals surface area (Å²) in [7, 11) is 2.05. The smallest absolute Gasteiger partial charge is 0.272 e. The summed E-state index contributed by atoms with van der Waals surface area (Å²) in [5, 5.41) is 0. The average Bonchev–Trinajstić information content (AvgIpc) is 2.52. The fourth-order valence-corrected chi connectivity index (χ4v) is 2.25. The lowest BCUT2D eigenvalue weighted by molar-refractivity contribution is 0.0767. The number of nitrogens with zero attached hydrogens (tertiary/aromatic N) is 3. The van der Waals surface area contributed by atoms with Crippen LogP contribution in [0.15, 0.2) is 18.3 Å². The Hall–Kier alpha value is -1.62. The monoisotopic (exact) mass is 292 g/mol. The van der Waals surface area contributed by atoms with E-state index in [1.165, 1.54) is 0 Å². The van der Waals surface area contributed by atoms with Gasteiger partial charge in [0.05, 0.1) is 0 Å². The molecule has 0 radical (unpaired) electrons. The van der Waals surface area contributed by atoms with Crippen molar-refractivity contribution in [1.82, 2.24) is 9.88 Å². The maximum Gasteiger partial charge on any atom is 0.272 e. The number of amides is 1. The molecular formula is C16H28N4O. The summed E-state index contributed by atoms with van der Waals surface area (Å²) < 4.78 is 0. The molecule has 0 aliphatic rings. The molecule has 0 fully saturated rings. The minimum absolute atomic E-state index is 0.00150. The first-order valence-corrected chi connectivity index (χ1v) is 7.80. The second-order valence-electron chi connectivity index (χ2n) is 5.15. The number of anilines is 1. The first-order chi connectivity index (χ1) is 10.1. The lowest BCUT2D eigenvalue weighted by atomic mass is 10.2. The van der Waals surface area contributed by atoms with E-state index in [0.29, 0.717) is 18.8 Å². The third kappa shape index (κ3) is 5.34. The van der Waals surface area contributed by atoms with Crippen LogP contribution in [0.1, 0.15) is 43.6 Å². The molecule has 1 heterocycles. The summed E-state index contributed by atoms with van der Waals surface area (Å²) in [5.74, 6) is -0.00150. The molecule has 0 aromatic carbocycles. The van der Waals surface area contributed by atoms with Gasteiger partial charge in [0.2, 0.25) is 0 Å². The zero-order valence-electron chi connectivity index (χ0n) is 13.5. The molecule has 1 amide bonds. The van der Waals surface area contributed by atoms with Gasteiger partial charge in [-0.3, -0.25) is 9.78 Å². The van der Waals surface area contributed by atoms with Gasteiger partial charge >= 0.3 is 0 Å². The van der Waals surface area contributed by atoms with Crippen molar-refractivity contribution >= 4 is 11.6 Å². The summed E-state index contributed by atoms with van der Waals surface area (Å²) >= 11 is 0. The largest absolute Gasteiger partial charge is 0.374 e. The Morgan fingerprint density at radius 1 is 1.24 bits per heavy atom. The van der Waals surface area contributed by atoms with Crippen molar-refractivity contribution in [2.75, 3.05) is 38.1 Å². The van der Waals surface area contributed by atoms with Crippen molar-refractivity contribution in [2.24, 2.45) is 5.73 Å². The molecule has 5 heteroatoms. The van der Waals surface area contributed by atoms with Crippen LogP contribution < -0.4 is 10.6 Å². The number of aromatic nitrogens is 1. The van der Waals surface area contributed by atoms with E-state index in [-0.39, 0.29) is 5.91 Å². The van der Waals surface area contributed by atoms with E-state index >= 15 is 0 Å². The molecule has 0 saturated carbocycles. The standard InChI is InChI=1S/C16H28N4O/c1-4-20(5-2)16(21)15-13-14(9-11-18-15)19(3)12-8-6-7-10-17/h9,11,13H,4-8,10,12,17H2,1-3H3. The lowest BCUT2D eigenvalue weighted by Crippen LogP contribution is -2.31. The van der Waals surface area contributed by atoms with Crippen molar-refractivity contribution < 1.29 is 4.79 Å². The normalized spacial score (nSPS) is 10.5. The highest BCUT2D eigenvalue weighted by Gasteiger charge is 2.14. The number of carbonyl (C=O) groups excluding carboxylic acids is 1. The Balaban J connectivity index is 2.69. The van der Waals surface area contributed by atoms with E-state index in [4.69, 9.17) is 5.73 Å². The SMILES string of the molecule is CCN(CC)C(=O)c1cc(N(C)CCCCCN)ccn1. The van der Waals surface area contributed by atoms with Crippen LogP contribution in [-0.2, 0) is 0 Å². The van der Waals surface area contributed by atoms with Crippen LogP contribution in [0.25, 0.3) is 0 Å². The summed E-state index contributed by atoms with van der Waals surface area (Å²) in [6, 6.07) is 3.82. The van der Waals surface area contributed by atoms with Crippen molar-refractivity contribution in [3.05, 3.63) is 24.0 Å². The van der Waals surface area contributed by atoms with Gasteiger partial charge in [0.15, 0.2) is 0 Å². The predicted molar refractivity (Wildman–Crippen MR) is 87.7 cm³/mol. The zero-order valence-corrected chi connectivity index (χ0v) is 13.5. The maximum atomic E-state index is 12.3. The Kier molecular flexibility index (Phi) is 7.75. The van der Waals surface area contributed by atoms with Crippen LogP contribution >= 0.6 is 0 Å². The highest BCUT2D eigenvalue weighted by molar-refractivity contribution is 5.93. The van der Waals surface area contributed by atoms with Gasteiger partial charge in [-0.2, -0.15) is 0 Å². The van der Waals surface area contributed by atoms with Crippen LogP contribution in [0.2, 0.25) is 0 Å². The van der Waals surface area contributed by atoms with Crippen molar-refractivity contribution in [2.45, 2.75) is 33.1 Å². The number of hydrogen-bond acceptors (Lipinski definition) is 4. The third-order valence-electron chi connectivity index (χ3n) is 3.65. The molecule has 0 saturated heterocycles. The number of unbranched alkanes of at least 4 members (excludes halogenated alkanes) is 2. The van der Waals surface area contributed by atoms with E-state index in [1.54, 1.807) is 11.1 Å². The quantitative estimate of drug-likeness (QED) is 0.708. The van der Waals surface area contributed by atoms with Gasteiger partial charge in [-0.05, 0) is 45.4 Å². The van der Waals surface area contributed by atoms with E-state index in [0.717, 1.165) is 38.0 Å². The fraction of sp³-hybridized carbons (Fsp3) is 0.625. The lowest BCUT2D eigenvalue weighted by Gasteiger charge is -2.21. The average molecular weight is 292 g/mol. The molecule has 118 valence electrons. The van der Waals surface area contributed by atoms with Gasteiger partial charge in [-0.25, -0.2) is 0 Å². The van der Waals surface area contributed by atoms with Crippen LogP contribution in [0.5, 0.6) is 0 Å². The van der Waals surface area contributed by atoms with Gasteiger partial charge in [0.25, 0.3) is 5.91 Å². The van der Waals surface area contributed by atoms with Gasteiger partial charge in [-0.1, -0.05) is 6.42 Å². The minimum Gasteiger partial charge on any atom is -0.374 e. The maximum absolute atomic E-state index is 12.3.